The van der Waals surface area contributed by atoms with Crippen LogP contribution in [-0.2, 0) is 4.74 Å². The van der Waals surface area contributed by atoms with Crippen LogP contribution >= 0.6 is 0 Å². The van der Waals surface area contributed by atoms with Gasteiger partial charge in [0.25, 0.3) is 0 Å². The Labute approximate surface area is 104 Å². The summed E-state index contributed by atoms with van der Waals surface area (Å²) < 4.78 is 6.14. The van der Waals surface area contributed by atoms with Gasteiger partial charge in [-0.15, -0.1) is 0 Å². The van der Waals surface area contributed by atoms with E-state index in [0.717, 1.165) is 0 Å². The van der Waals surface area contributed by atoms with E-state index in [1.54, 1.807) is 0 Å². The maximum atomic E-state index is 6.34. The van der Waals surface area contributed by atoms with Gasteiger partial charge in [0.1, 0.15) is 0 Å². The Morgan fingerprint density at radius 2 is 1.82 bits per heavy atom. The SMILES string of the molecule is CC(C)C(OC1CCC1)C(N)c1ccccc1. The van der Waals surface area contributed by atoms with E-state index in [1.165, 1.54) is 24.8 Å². The Kier molecular flexibility index (Phi) is 4.19. The third-order valence-corrected chi connectivity index (χ3v) is 3.60. The maximum Gasteiger partial charge on any atom is 0.0794 e. The number of nitrogens with two attached hydrogens (primary N) is 1. The summed E-state index contributed by atoms with van der Waals surface area (Å²) in [5.74, 6) is 0.450. The van der Waals surface area contributed by atoms with Gasteiger partial charge in [0.05, 0.1) is 18.2 Å². The van der Waals surface area contributed by atoms with Crippen LogP contribution in [0.4, 0.5) is 0 Å². The molecule has 2 rings (SSSR count). The van der Waals surface area contributed by atoms with Crippen molar-refractivity contribution in [3.05, 3.63) is 35.9 Å². The second kappa shape index (κ2) is 5.65. The zero-order chi connectivity index (χ0) is 12.3. The standard InChI is InChI=1S/C15H23NO/c1-11(2)15(17-13-9-6-10-13)14(16)12-7-4-3-5-8-12/h3-5,7-8,11,13-15H,6,9-10,16H2,1-2H3. The summed E-state index contributed by atoms with van der Waals surface area (Å²) in [5.41, 5.74) is 7.51. The van der Waals surface area contributed by atoms with E-state index in [2.05, 4.69) is 26.0 Å². The minimum atomic E-state index is -0.0169. The molecule has 0 heterocycles. The predicted molar refractivity (Wildman–Crippen MR) is 70.7 cm³/mol. The van der Waals surface area contributed by atoms with Gasteiger partial charge in [-0.1, -0.05) is 44.2 Å². The normalized spacial score (nSPS) is 20.0. The van der Waals surface area contributed by atoms with E-state index >= 15 is 0 Å². The molecule has 1 saturated carbocycles. The molecule has 2 unspecified atom stereocenters. The van der Waals surface area contributed by atoms with Crippen molar-refractivity contribution in [1.29, 1.82) is 0 Å². The molecule has 0 spiro atoms. The highest BCUT2D eigenvalue weighted by Crippen LogP contribution is 2.30. The molecule has 0 aliphatic heterocycles. The number of hydrogen-bond acceptors (Lipinski definition) is 2. The zero-order valence-corrected chi connectivity index (χ0v) is 10.8. The molecule has 0 amide bonds. The van der Waals surface area contributed by atoms with Crippen molar-refractivity contribution in [2.24, 2.45) is 11.7 Å². The zero-order valence-electron chi connectivity index (χ0n) is 10.8. The van der Waals surface area contributed by atoms with Crippen molar-refractivity contribution in [2.75, 3.05) is 0 Å². The van der Waals surface area contributed by atoms with E-state index in [9.17, 15) is 0 Å². The van der Waals surface area contributed by atoms with Crippen molar-refractivity contribution >= 4 is 0 Å². The van der Waals surface area contributed by atoms with Crippen LogP contribution in [0.25, 0.3) is 0 Å². The number of rotatable bonds is 5. The third kappa shape index (κ3) is 3.08. The van der Waals surface area contributed by atoms with E-state index in [1.807, 2.05) is 18.2 Å². The molecule has 94 valence electrons. The Morgan fingerprint density at radius 3 is 2.29 bits per heavy atom. The Hall–Kier alpha value is -0.860. The van der Waals surface area contributed by atoms with Crippen molar-refractivity contribution in [2.45, 2.75) is 51.4 Å². The first-order chi connectivity index (χ1) is 8.18. The summed E-state index contributed by atoms with van der Waals surface area (Å²) in [6, 6.07) is 10.3. The van der Waals surface area contributed by atoms with Crippen LogP contribution in [0.1, 0.15) is 44.7 Å². The van der Waals surface area contributed by atoms with Gasteiger partial charge in [-0.2, -0.15) is 0 Å². The van der Waals surface area contributed by atoms with E-state index in [-0.39, 0.29) is 12.1 Å². The monoisotopic (exact) mass is 233 g/mol. The quantitative estimate of drug-likeness (QED) is 0.847. The number of hydrogen-bond donors (Lipinski definition) is 1. The lowest BCUT2D eigenvalue weighted by Crippen LogP contribution is -2.38. The predicted octanol–water partition coefficient (Wildman–Crippen LogP) is 3.28. The lowest BCUT2D eigenvalue weighted by atomic mass is 9.91. The fraction of sp³-hybridized carbons (Fsp3) is 0.600. The lowest BCUT2D eigenvalue weighted by Gasteiger charge is -2.35. The van der Waals surface area contributed by atoms with Gasteiger partial charge >= 0.3 is 0 Å². The average Bonchev–Trinajstić information content (AvgIpc) is 2.27. The molecular weight excluding hydrogens is 210 g/mol. The second-order valence-corrected chi connectivity index (χ2v) is 5.33. The molecule has 1 aromatic rings. The average molecular weight is 233 g/mol. The maximum absolute atomic E-state index is 6.34. The van der Waals surface area contributed by atoms with Crippen molar-refractivity contribution in [1.82, 2.24) is 0 Å². The highest BCUT2D eigenvalue weighted by molar-refractivity contribution is 5.19. The Bertz CT molecular complexity index is 332. The summed E-state index contributed by atoms with van der Waals surface area (Å²) in [7, 11) is 0. The van der Waals surface area contributed by atoms with Crippen LogP contribution in [0.5, 0.6) is 0 Å². The second-order valence-electron chi connectivity index (χ2n) is 5.33. The fourth-order valence-corrected chi connectivity index (χ4v) is 2.25. The van der Waals surface area contributed by atoms with Crippen LogP contribution < -0.4 is 5.73 Å². The fourth-order valence-electron chi connectivity index (χ4n) is 2.25. The molecule has 0 bridgehead atoms. The topological polar surface area (TPSA) is 35.2 Å². The molecule has 0 saturated heterocycles. The molecule has 0 radical (unpaired) electrons. The molecule has 2 atom stereocenters. The molecular formula is C15H23NO. The van der Waals surface area contributed by atoms with Crippen LogP contribution in [0, 0.1) is 5.92 Å². The molecule has 2 N–H and O–H groups in total. The summed E-state index contributed by atoms with van der Waals surface area (Å²) >= 11 is 0. The van der Waals surface area contributed by atoms with Gasteiger partial charge in [0.15, 0.2) is 0 Å². The van der Waals surface area contributed by atoms with Crippen molar-refractivity contribution in [3.8, 4) is 0 Å². The van der Waals surface area contributed by atoms with E-state index in [0.29, 0.717) is 12.0 Å². The Morgan fingerprint density at radius 1 is 1.18 bits per heavy atom. The van der Waals surface area contributed by atoms with Crippen LogP contribution in [0.2, 0.25) is 0 Å². The first kappa shape index (κ1) is 12.6. The number of ether oxygens (including phenoxy) is 1. The molecule has 0 aromatic heterocycles. The highest BCUT2D eigenvalue weighted by Gasteiger charge is 2.29. The van der Waals surface area contributed by atoms with Gasteiger partial charge < -0.3 is 10.5 Å². The van der Waals surface area contributed by atoms with Gasteiger partial charge in [0.2, 0.25) is 0 Å². The van der Waals surface area contributed by atoms with E-state index < -0.39 is 0 Å². The van der Waals surface area contributed by atoms with Crippen molar-refractivity contribution < 1.29 is 4.74 Å². The van der Waals surface area contributed by atoms with E-state index in [4.69, 9.17) is 10.5 Å². The molecule has 1 aliphatic carbocycles. The van der Waals surface area contributed by atoms with Gasteiger partial charge in [-0.05, 0) is 30.7 Å². The summed E-state index contributed by atoms with van der Waals surface area (Å²) in [6.45, 7) is 4.37. The number of benzene rings is 1. The molecule has 17 heavy (non-hydrogen) atoms. The van der Waals surface area contributed by atoms with Crippen LogP contribution in [0.15, 0.2) is 30.3 Å². The first-order valence-electron chi connectivity index (χ1n) is 6.64. The van der Waals surface area contributed by atoms with Crippen LogP contribution in [0.3, 0.4) is 0 Å². The minimum Gasteiger partial charge on any atom is -0.373 e. The summed E-state index contributed by atoms with van der Waals surface area (Å²) in [4.78, 5) is 0. The third-order valence-electron chi connectivity index (χ3n) is 3.60. The lowest BCUT2D eigenvalue weighted by molar-refractivity contribution is -0.0809. The molecule has 2 nitrogen and oxygen atoms in total. The smallest absolute Gasteiger partial charge is 0.0794 e. The first-order valence-corrected chi connectivity index (χ1v) is 6.64. The van der Waals surface area contributed by atoms with Gasteiger partial charge in [-0.3, -0.25) is 0 Å². The summed E-state index contributed by atoms with van der Waals surface area (Å²) in [5, 5.41) is 0. The largest absolute Gasteiger partial charge is 0.373 e. The van der Waals surface area contributed by atoms with Crippen molar-refractivity contribution in [3.63, 3.8) is 0 Å². The Balaban J connectivity index is 2.04. The van der Waals surface area contributed by atoms with Crippen LogP contribution in [-0.4, -0.2) is 12.2 Å². The van der Waals surface area contributed by atoms with Gasteiger partial charge in [0, 0.05) is 0 Å². The summed E-state index contributed by atoms with van der Waals surface area (Å²) in [6.07, 6.45) is 4.27. The van der Waals surface area contributed by atoms with Gasteiger partial charge in [-0.25, -0.2) is 0 Å². The minimum absolute atomic E-state index is 0.0169. The molecule has 1 aliphatic rings. The molecule has 1 fully saturated rings. The molecule has 2 heteroatoms. The molecule has 1 aromatic carbocycles. The highest BCUT2D eigenvalue weighted by atomic mass is 16.5.